The summed E-state index contributed by atoms with van der Waals surface area (Å²) in [6.45, 7) is 3.21. The van der Waals surface area contributed by atoms with Gasteiger partial charge in [0.15, 0.2) is 0 Å². The Morgan fingerprint density at radius 1 is 0.878 bits per heavy atom. The Morgan fingerprint density at radius 3 is 2.07 bits per heavy atom. The minimum atomic E-state index is -4.02. The number of sulfonamides is 1. The molecule has 3 aromatic rings. The number of anilines is 1. The summed E-state index contributed by atoms with van der Waals surface area (Å²) in [4.78, 5) is 29.2. The van der Waals surface area contributed by atoms with Crippen molar-refractivity contribution in [3.05, 3.63) is 97.9 Å². The second-order valence-electron chi connectivity index (χ2n) is 9.66. The summed E-state index contributed by atoms with van der Waals surface area (Å²) >= 11 is 24.7. The maximum Gasteiger partial charge on any atom is 0.244 e. The number of hydrogen-bond donors (Lipinski definition) is 1. The van der Waals surface area contributed by atoms with Gasteiger partial charge in [-0.05, 0) is 48.7 Å². The van der Waals surface area contributed by atoms with Crippen molar-refractivity contribution in [1.82, 2.24) is 10.2 Å². The smallest absolute Gasteiger partial charge is 0.244 e. The molecule has 0 aliphatic rings. The van der Waals surface area contributed by atoms with Crippen LogP contribution in [-0.2, 0) is 32.6 Å². The van der Waals surface area contributed by atoms with Crippen LogP contribution in [0.5, 0.6) is 0 Å². The molecular formula is C29H31Cl4N3O4S. The highest BCUT2D eigenvalue weighted by Crippen LogP contribution is 2.35. The van der Waals surface area contributed by atoms with Crippen molar-refractivity contribution in [2.24, 2.45) is 0 Å². The average molecular weight is 659 g/mol. The van der Waals surface area contributed by atoms with Gasteiger partial charge in [-0.2, -0.15) is 0 Å². The Kier molecular flexibility index (Phi) is 11.8. The van der Waals surface area contributed by atoms with E-state index in [-0.39, 0.29) is 45.7 Å². The van der Waals surface area contributed by atoms with E-state index in [9.17, 15) is 18.0 Å². The van der Waals surface area contributed by atoms with Crippen LogP contribution in [0.15, 0.2) is 66.7 Å². The second-order valence-corrected chi connectivity index (χ2v) is 13.2. The molecule has 0 heterocycles. The summed E-state index contributed by atoms with van der Waals surface area (Å²) in [5.74, 6) is -0.975. The summed E-state index contributed by atoms with van der Waals surface area (Å²) < 4.78 is 26.7. The standard InChI is InChI=1S/C29H31Cl4N3O4S/c1-4-19(2)34-29(38)27(14-20-8-6-5-7-9-20)35(17-21-10-12-22(30)13-11-21)28(37)18-36(41(3,39)40)26-16-24(32)23(31)15-25(26)33/h5-13,15-16,19,27H,4,14,17-18H2,1-3H3,(H,34,38)/t19-,27-/m1/s1. The maximum absolute atomic E-state index is 14.1. The van der Waals surface area contributed by atoms with Crippen LogP contribution in [0.3, 0.4) is 0 Å². The van der Waals surface area contributed by atoms with E-state index in [1.165, 1.54) is 17.0 Å². The van der Waals surface area contributed by atoms with Crippen LogP contribution in [0.1, 0.15) is 31.4 Å². The molecule has 2 atom stereocenters. The van der Waals surface area contributed by atoms with Gasteiger partial charge < -0.3 is 10.2 Å². The van der Waals surface area contributed by atoms with Gasteiger partial charge in [-0.15, -0.1) is 0 Å². The zero-order chi connectivity index (χ0) is 30.3. The van der Waals surface area contributed by atoms with Crippen molar-refractivity contribution < 1.29 is 18.0 Å². The molecule has 1 N–H and O–H groups in total. The third kappa shape index (κ3) is 9.25. The number of halogens is 4. The van der Waals surface area contributed by atoms with Crippen molar-refractivity contribution in [2.75, 3.05) is 17.1 Å². The van der Waals surface area contributed by atoms with Crippen LogP contribution in [0.2, 0.25) is 20.1 Å². The molecule has 0 aliphatic carbocycles. The van der Waals surface area contributed by atoms with Crippen LogP contribution >= 0.6 is 46.4 Å². The van der Waals surface area contributed by atoms with Gasteiger partial charge in [0.1, 0.15) is 12.6 Å². The largest absolute Gasteiger partial charge is 0.352 e. The van der Waals surface area contributed by atoms with Gasteiger partial charge in [0.2, 0.25) is 21.8 Å². The quantitative estimate of drug-likeness (QED) is 0.222. The summed E-state index contributed by atoms with van der Waals surface area (Å²) in [7, 11) is -4.02. The van der Waals surface area contributed by atoms with E-state index < -0.39 is 28.5 Å². The third-order valence-corrected chi connectivity index (χ3v) is 8.88. The predicted molar refractivity (Wildman–Crippen MR) is 167 cm³/mol. The van der Waals surface area contributed by atoms with Gasteiger partial charge in [-0.1, -0.05) is 95.8 Å². The maximum atomic E-state index is 14.1. The Bertz CT molecular complexity index is 1470. The number of amides is 2. The number of rotatable bonds is 12. The molecule has 3 rings (SSSR count). The summed E-state index contributed by atoms with van der Waals surface area (Å²) in [6, 6.07) is 17.7. The van der Waals surface area contributed by atoms with Crippen LogP contribution in [0.4, 0.5) is 5.69 Å². The topological polar surface area (TPSA) is 86.8 Å². The van der Waals surface area contributed by atoms with Crippen LogP contribution in [0, 0.1) is 0 Å². The van der Waals surface area contributed by atoms with Gasteiger partial charge in [-0.3, -0.25) is 13.9 Å². The van der Waals surface area contributed by atoms with Crippen molar-refractivity contribution in [3.8, 4) is 0 Å². The molecule has 2 amide bonds. The van der Waals surface area contributed by atoms with E-state index in [2.05, 4.69) is 5.32 Å². The zero-order valence-corrected chi connectivity index (χ0v) is 26.6. The first-order valence-electron chi connectivity index (χ1n) is 12.8. The third-order valence-electron chi connectivity index (χ3n) is 6.48. The molecular weight excluding hydrogens is 628 g/mol. The highest BCUT2D eigenvalue weighted by Gasteiger charge is 2.34. The molecule has 0 fully saturated rings. The SMILES string of the molecule is CC[C@@H](C)NC(=O)[C@@H](Cc1ccccc1)N(Cc1ccc(Cl)cc1)C(=O)CN(c1cc(Cl)c(Cl)cc1Cl)S(C)(=O)=O. The second kappa shape index (κ2) is 14.6. The molecule has 0 aliphatic heterocycles. The van der Waals surface area contributed by atoms with Gasteiger partial charge >= 0.3 is 0 Å². The Morgan fingerprint density at radius 2 is 1.49 bits per heavy atom. The minimum absolute atomic E-state index is 0.00257. The van der Waals surface area contributed by atoms with E-state index in [4.69, 9.17) is 46.4 Å². The first-order valence-corrected chi connectivity index (χ1v) is 16.2. The van der Waals surface area contributed by atoms with E-state index in [1.807, 2.05) is 44.2 Å². The molecule has 41 heavy (non-hydrogen) atoms. The van der Waals surface area contributed by atoms with E-state index in [0.717, 1.165) is 16.1 Å². The summed E-state index contributed by atoms with van der Waals surface area (Å²) in [5.41, 5.74) is 1.53. The predicted octanol–water partition coefficient (Wildman–Crippen LogP) is 6.62. The molecule has 0 saturated heterocycles. The van der Waals surface area contributed by atoms with Gasteiger partial charge in [0, 0.05) is 24.0 Å². The van der Waals surface area contributed by atoms with Crippen LogP contribution < -0.4 is 9.62 Å². The fourth-order valence-electron chi connectivity index (χ4n) is 4.08. The molecule has 0 unspecified atom stereocenters. The van der Waals surface area contributed by atoms with E-state index >= 15 is 0 Å². The van der Waals surface area contributed by atoms with Crippen molar-refractivity contribution in [2.45, 2.75) is 45.3 Å². The molecule has 3 aromatic carbocycles. The lowest BCUT2D eigenvalue weighted by Gasteiger charge is -2.34. The normalized spacial score (nSPS) is 12.9. The molecule has 0 saturated carbocycles. The number of benzene rings is 3. The Balaban J connectivity index is 2.09. The number of nitrogens with one attached hydrogen (secondary N) is 1. The molecule has 0 aromatic heterocycles. The monoisotopic (exact) mass is 657 g/mol. The molecule has 0 bridgehead atoms. The fourth-order valence-corrected chi connectivity index (χ4v) is 5.75. The van der Waals surface area contributed by atoms with Crippen molar-refractivity contribution in [3.63, 3.8) is 0 Å². The highest BCUT2D eigenvalue weighted by molar-refractivity contribution is 7.92. The van der Waals surface area contributed by atoms with Gasteiger partial charge in [0.05, 0.1) is 27.0 Å². The lowest BCUT2D eigenvalue weighted by Crippen LogP contribution is -2.54. The number of carbonyl (C=O) groups excluding carboxylic acids is 2. The van der Waals surface area contributed by atoms with Crippen LogP contribution in [-0.4, -0.2) is 50.0 Å². The van der Waals surface area contributed by atoms with Gasteiger partial charge in [0.25, 0.3) is 0 Å². The average Bonchev–Trinajstić information content (AvgIpc) is 2.92. The number of hydrogen-bond acceptors (Lipinski definition) is 4. The molecule has 12 heteroatoms. The molecule has 0 radical (unpaired) electrons. The van der Waals surface area contributed by atoms with Gasteiger partial charge in [-0.25, -0.2) is 8.42 Å². The Labute approximate surface area is 261 Å². The number of carbonyl (C=O) groups is 2. The number of nitrogens with zero attached hydrogens (tertiary/aromatic N) is 2. The fraction of sp³-hybridized carbons (Fsp3) is 0.310. The summed E-state index contributed by atoms with van der Waals surface area (Å²) in [6.07, 6.45) is 1.85. The van der Waals surface area contributed by atoms with E-state index in [1.54, 1.807) is 24.3 Å². The molecule has 7 nitrogen and oxygen atoms in total. The molecule has 0 spiro atoms. The van der Waals surface area contributed by atoms with Crippen LogP contribution in [0.25, 0.3) is 0 Å². The summed E-state index contributed by atoms with van der Waals surface area (Å²) in [5, 5.41) is 3.69. The first-order chi connectivity index (χ1) is 19.3. The highest BCUT2D eigenvalue weighted by atomic mass is 35.5. The van der Waals surface area contributed by atoms with Crippen molar-refractivity contribution >= 4 is 73.9 Å². The lowest BCUT2D eigenvalue weighted by molar-refractivity contribution is -0.140. The van der Waals surface area contributed by atoms with E-state index in [0.29, 0.717) is 17.0 Å². The first kappa shape index (κ1) is 33.0. The lowest BCUT2D eigenvalue weighted by atomic mass is 10.0. The Hall–Kier alpha value is -2.49. The minimum Gasteiger partial charge on any atom is -0.352 e. The zero-order valence-electron chi connectivity index (χ0n) is 22.8. The van der Waals surface area contributed by atoms with Crippen molar-refractivity contribution in [1.29, 1.82) is 0 Å². The molecule has 220 valence electrons.